The number of nitrogens with two attached hydrogens (primary N) is 1. The molecule has 182 valence electrons. The van der Waals surface area contributed by atoms with E-state index in [9.17, 15) is 26.4 Å². The van der Waals surface area contributed by atoms with E-state index in [-0.39, 0.29) is 22.9 Å². The minimum atomic E-state index is -4.66. The van der Waals surface area contributed by atoms with Crippen molar-refractivity contribution in [3.05, 3.63) is 71.8 Å². The molecule has 0 radical (unpaired) electrons. The maximum absolute atomic E-state index is 13.6. The van der Waals surface area contributed by atoms with Crippen LogP contribution in [0, 0.1) is 0 Å². The number of carbonyl (C=O) groups is 1. The zero-order valence-corrected chi connectivity index (χ0v) is 18.9. The second-order valence-electron chi connectivity index (χ2n) is 8.47. The molecule has 1 heterocycles. The molecule has 2 aliphatic rings. The number of halogens is 3. The summed E-state index contributed by atoms with van der Waals surface area (Å²) in [5.74, 6) is 0.665. The molecule has 1 aliphatic heterocycles. The van der Waals surface area contributed by atoms with Gasteiger partial charge in [0.05, 0.1) is 15.9 Å². The van der Waals surface area contributed by atoms with Gasteiger partial charge in [-0.05, 0) is 72.0 Å². The summed E-state index contributed by atoms with van der Waals surface area (Å²) < 4.78 is 74.5. The van der Waals surface area contributed by atoms with Crippen LogP contribution in [-0.4, -0.2) is 21.1 Å². The van der Waals surface area contributed by atoms with E-state index in [1.807, 2.05) is 0 Å². The first-order valence-corrected chi connectivity index (χ1v) is 12.1. The van der Waals surface area contributed by atoms with Gasteiger partial charge in [0, 0.05) is 5.69 Å². The van der Waals surface area contributed by atoms with E-state index in [0.29, 0.717) is 35.5 Å². The van der Waals surface area contributed by atoms with Crippen LogP contribution in [0.1, 0.15) is 24.0 Å². The maximum Gasteiger partial charge on any atom is 0.416 e. The highest BCUT2D eigenvalue weighted by Crippen LogP contribution is 2.51. The summed E-state index contributed by atoms with van der Waals surface area (Å²) in [4.78, 5) is 13.1. The lowest BCUT2D eigenvalue weighted by atomic mass is 9.94. The van der Waals surface area contributed by atoms with Crippen molar-refractivity contribution in [2.45, 2.75) is 29.3 Å². The number of sulfonamides is 1. The molecule has 11 heteroatoms. The Kier molecular flexibility index (Phi) is 5.29. The number of nitrogens with one attached hydrogen (secondary N) is 1. The average molecular weight is 504 g/mol. The molecule has 0 saturated heterocycles. The summed E-state index contributed by atoms with van der Waals surface area (Å²) in [6, 6.07) is 13.5. The van der Waals surface area contributed by atoms with Crippen molar-refractivity contribution in [3.63, 3.8) is 0 Å². The fraction of sp³-hybridized carbons (Fsp3) is 0.208. The molecule has 0 bridgehead atoms. The summed E-state index contributed by atoms with van der Waals surface area (Å²) in [6.45, 7) is 0.0865. The number of primary sulfonamides is 1. The van der Waals surface area contributed by atoms with Crippen LogP contribution in [0.2, 0.25) is 0 Å². The molecule has 35 heavy (non-hydrogen) atoms. The van der Waals surface area contributed by atoms with Gasteiger partial charge in [0.25, 0.3) is 0 Å². The third kappa shape index (κ3) is 4.44. The minimum Gasteiger partial charge on any atom is -0.454 e. The topological polar surface area (TPSA) is 108 Å². The van der Waals surface area contributed by atoms with Crippen molar-refractivity contribution in [1.82, 2.24) is 0 Å². The number of anilines is 1. The molecule has 1 aliphatic carbocycles. The Labute approximate surface area is 198 Å². The Hall–Kier alpha value is -3.57. The molecule has 5 rings (SSSR count). The van der Waals surface area contributed by atoms with Crippen molar-refractivity contribution >= 4 is 21.6 Å². The molecule has 3 aromatic carbocycles. The zero-order chi connectivity index (χ0) is 25.0. The largest absolute Gasteiger partial charge is 0.454 e. The number of rotatable bonds is 5. The van der Waals surface area contributed by atoms with Crippen LogP contribution < -0.4 is 19.9 Å². The van der Waals surface area contributed by atoms with E-state index in [1.54, 1.807) is 18.2 Å². The molecule has 0 spiro atoms. The van der Waals surface area contributed by atoms with E-state index < -0.39 is 33.1 Å². The van der Waals surface area contributed by atoms with Crippen LogP contribution in [0.5, 0.6) is 11.5 Å². The molecule has 3 aromatic rings. The molecule has 7 nitrogen and oxygen atoms in total. The summed E-state index contributed by atoms with van der Waals surface area (Å²) >= 11 is 0. The molecular weight excluding hydrogens is 485 g/mol. The van der Waals surface area contributed by atoms with Crippen LogP contribution >= 0.6 is 0 Å². The molecular formula is C24H19F3N2O5S. The highest BCUT2D eigenvalue weighted by molar-refractivity contribution is 7.89. The number of carbonyl (C=O) groups excluding carboxylic acids is 1. The van der Waals surface area contributed by atoms with Gasteiger partial charge in [0.2, 0.25) is 22.7 Å². The first kappa shape index (κ1) is 23.2. The van der Waals surface area contributed by atoms with E-state index in [0.717, 1.165) is 12.1 Å². The lowest BCUT2D eigenvalue weighted by Crippen LogP contribution is -2.28. The smallest absolute Gasteiger partial charge is 0.416 e. The fourth-order valence-electron chi connectivity index (χ4n) is 4.08. The summed E-state index contributed by atoms with van der Waals surface area (Å²) in [6.07, 6.45) is -3.58. The Bertz CT molecular complexity index is 1430. The normalized spacial score (nSPS) is 16.1. The number of fused-ring (bicyclic) bond motifs is 1. The van der Waals surface area contributed by atoms with Crippen LogP contribution in [0.3, 0.4) is 0 Å². The van der Waals surface area contributed by atoms with E-state index in [2.05, 4.69) is 5.32 Å². The van der Waals surface area contributed by atoms with Crippen LogP contribution in [0.25, 0.3) is 11.1 Å². The summed E-state index contributed by atoms with van der Waals surface area (Å²) in [7, 11) is -3.95. The Morgan fingerprint density at radius 1 is 0.914 bits per heavy atom. The van der Waals surface area contributed by atoms with E-state index in [4.69, 9.17) is 14.6 Å². The molecule has 1 saturated carbocycles. The van der Waals surface area contributed by atoms with Crippen LogP contribution in [0.4, 0.5) is 18.9 Å². The zero-order valence-electron chi connectivity index (χ0n) is 18.1. The molecule has 0 aromatic heterocycles. The number of hydrogen-bond acceptors (Lipinski definition) is 5. The number of amides is 1. The van der Waals surface area contributed by atoms with Gasteiger partial charge in [-0.3, -0.25) is 4.79 Å². The predicted octanol–water partition coefficient (Wildman–Crippen LogP) is 4.42. The number of hydrogen-bond donors (Lipinski definition) is 2. The number of benzene rings is 3. The van der Waals surface area contributed by atoms with Crippen molar-refractivity contribution in [3.8, 4) is 22.6 Å². The Morgan fingerprint density at radius 2 is 1.60 bits per heavy atom. The Balaban J connectivity index is 1.47. The quantitative estimate of drug-likeness (QED) is 0.535. The van der Waals surface area contributed by atoms with Gasteiger partial charge in [0.1, 0.15) is 0 Å². The SMILES string of the molecule is NS(=O)(=O)c1ccc(-c2cc(NC(=O)C3(c4ccc5c(c4)OCO5)CC3)cc(C(F)(F)F)c2)cc1. The van der Waals surface area contributed by atoms with Crippen molar-refractivity contribution in [1.29, 1.82) is 0 Å². The summed E-state index contributed by atoms with van der Waals surface area (Å²) in [5, 5.41) is 7.73. The lowest BCUT2D eigenvalue weighted by molar-refractivity contribution is -0.137. The molecule has 1 amide bonds. The average Bonchev–Trinajstić information content (AvgIpc) is 3.49. The van der Waals surface area contributed by atoms with Crippen molar-refractivity contribution in [2.24, 2.45) is 5.14 Å². The minimum absolute atomic E-state index is 0.0256. The summed E-state index contributed by atoms with van der Waals surface area (Å²) in [5.41, 5.74) is -0.659. The molecule has 0 atom stereocenters. The molecule has 0 unspecified atom stereocenters. The van der Waals surface area contributed by atoms with Crippen LogP contribution in [-0.2, 0) is 26.4 Å². The first-order chi connectivity index (χ1) is 16.5. The number of ether oxygens (including phenoxy) is 2. The van der Waals surface area contributed by atoms with Gasteiger partial charge in [-0.2, -0.15) is 13.2 Å². The van der Waals surface area contributed by atoms with Crippen LogP contribution in [0.15, 0.2) is 65.6 Å². The predicted molar refractivity (Wildman–Crippen MR) is 120 cm³/mol. The Morgan fingerprint density at radius 3 is 2.23 bits per heavy atom. The first-order valence-electron chi connectivity index (χ1n) is 10.5. The van der Waals surface area contributed by atoms with Gasteiger partial charge < -0.3 is 14.8 Å². The molecule has 3 N–H and O–H groups in total. The van der Waals surface area contributed by atoms with Gasteiger partial charge in [-0.15, -0.1) is 0 Å². The number of alkyl halides is 3. The lowest BCUT2D eigenvalue weighted by Gasteiger charge is -2.18. The second kappa shape index (κ2) is 7.99. The fourth-order valence-corrected chi connectivity index (χ4v) is 4.60. The second-order valence-corrected chi connectivity index (χ2v) is 10.0. The van der Waals surface area contributed by atoms with Gasteiger partial charge in [-0.1, -0.05) is 18.2 Å². The third-order valence-corrected chi connectivity index (χ3v) is 7.07. The highest BCUT2D eigenvalue weighted by atomic mass is 32.2. The van der Waals surface area contributed by atoms with E-state index >= 15 is 0 Å². The maximum atomic E-state index is 13.6. The van der Waals surface area contributed by atoms with E-state index in [1.165, 1.54) is 30.3 Å². The van der Waals surface area contributed by atoms with Crippen molar-refractivity contribution < 1.29 is 35.9 Å². The standard InChI is InChI=1S/C24H19F3N2O5S/c25-24(26,27)17-9-15(14-1-4-19(5-2-14)35(28,31)32)10-18(11-17)29-22(30)23(7-8-23)16-3-6-20-21(12-16)34-13-33-20/h1-6,9-12H,7-8,13H2,(H,29,30)(H2,28,31,32). The van der Waals surface area contributed by atoms with Crippen molar-refractivity contribution in [2.75, 3.05) is 12.1 Å². The van der Waals surface area contributed by atoms with Gasteiger partial charge >= 0.3 is 6.18 Å². The molecule has 1 fully saturated rings. The third-order valence-electron chi connectivity index (χ3n) is 6.14. The van der Waals surface area contributed by atoms with Gasteiger partial charge in [0.15, 0.2) is 11.5 Å². The monoisotopic (exact) mass is 504 g/mol. The highest BCUT2D eigenvalue weighted by Gasteiger charge is 2.51. The van der Waals surface area contributed by atoms with Gasteiger partial charge in [-0.25, -0.2) is 13.6 Å².